The van der Waals surface area contributed by atoms with Gasteiger partial charge in [-0.05, 0) is 37.0 Å². The molecule has 1 saturated heterocycles. The molecule has 0 saturated carbocycles. The minimum absolute atomic E-state index is 0.941. The zero-order valence-electron chi connectivity index (χ0n) is 10.9. The fourth-order valence-electron chi connectivity index (χ4n) is 2.43. The summed E-state index contributed by atoms with van der Waals surface area (Å²) in [5.74, 6) is 0. The van der Waals surface area contributed by atoms with Crippen LogP contribution in [0.4, 0.5) is 5.69 Å². The molecule has 0 atom stereocenters. The summed E-state index contributed by atoms with van der Waals surface area (Å²) in [5, 5.41) is 3.38. The van der Waals surface area contributed by atoms with Gasteiger partial charge in [-0.25, -0.2) is 0 Å². The van der Waals surface area contributed by atoms with E-state index in [1.807, 2.05) is 0 Å². The normalized spacial score (nSPS) is 17.3. The third-order valence-electron chi connectivity index (χ3n) is 3.58. The number of aryl methyl sites for hydroxylation is 2. The van der Waals surface area contributed by atoms with Crippen LogP contribution in [0.2, 0.25) is 0 Å². The Kier molecular flexibility index (Phi) is 4.02. The molecule has 3 nitrogen and oxygen atoms in total. The molecule has 0 radical (unpaired) electrons. The largest absolute Gasteiger partial charge is 0.398 e. The number of nitrogens with zero attached hydrogens (tertiary/aromatic N) is 1. The fourth-order valence-corrected chi connectivity index (χ4v) is 2.43. The van der Waals surface area contributed by atoms with E-state index in [1.165, 1.54) is 29.8 Å². The molecule has 0 aromatic heterocycles. The quantitative estimate of drug-likeness (QED) is 0.774. The van der Waals surface area contributed by atoms with Crippen molar-refractivity contribution >= 4 is 5.69 Å². The Bertz CT molecular complexity index is 358. The van der Waals surface area contributed by atoms with E-state index in [4.69, 9.17) is 5.73 Å². The van der Waals surface area contributed by atoms with Gasteiger partial charge in [-0.1, -0.05) is 12.1 Å². The van der Waals surface area contributed by atoms with Gasteiger partial charge in [-0.3, -0.25) is 0 Å². The minimum atomic E-state index is 0.941. The molecule has 0 unspecified atom stereocenters. The molecular formula is C14H23N3. The Hall–Kier alpha value is -1.06. The van der Waals surface area contributed by atoms with E-state index in [1.54, 1.807) is 0 Å². The number of nitrogen functional groups attached to an aromatic ring is 1. The molecule has 3 N–H and O–H groups in total. The molecule has 0 amide bonds. The van der Waals surface area contributed by atoms with Crippen molar-refractivity contribution in [3.63, 3.8) is 0 Å². The average molecular weight is 233 g/mol. The SMILES string of the molecule is Cc1cc(CCN2CCNCC2)cc(C)c1N. The molecule has 0 aliphatic carbocycles. The van der Waals surface area contributed by atoms with Crippen molar-refractivity contribution in [3.05, 3.63) is 28.8 Å². The average Bonchev–Trinajstić information content (AvgIpc) is 2.34. The van der Waals surface area contributed by atoms with Gasteiger partial charge in [0.25, 0.3) is 0 Å². The van der Waals surface area contributed by atoms with Crippen molar-refractivity contribution in [3.8, 4) is 0 Å². The zero-order chi connectivity index (χ0) is 12.3. The molecule has 1 aliphatic rings. The molecule has 1 aromatic rings. The summed E-state index contributed by atoms with van der Waals surface area (Å²) in [5.41, 5.74) is 10.7. The Morgan fingerprint density at radius 3 is 2.35 bits per heavy atom. The number of hydrogen-bond acceptors (Lipinski definition) is 3. The fraction of sp³-hybridized carbons (Fsp3) is 0.571. The summed E-state index contributed by atoms with van der Waals surface area (Å²) in [4.78, 5) is 2.53. The van der Waals surface area contributed by atoms with Gasteiger partial charge in [0, 0.05) is 38.4 Å². The van der Waals surface area contributed by atoms with Crippen LogP contribution in [-0.4, -0.2) is 37.6 Å². The lowest BCUT2D eigenvalue weighted by Gasteiger charge is -2.27. The van der Waals surface area contributed by atoms with E-state index >= 15 is 0 Å². The highest BCUT2D eigenvalue weighted by Gasteiger charge is 2.09. The van der Waals surface area contributed by atoms with Crippen molar-refractivity contribution in [1.29, 1.82) is 0 Å². The summed E-state index contributed by atoms with van der Waals surface area (Å²) in [6.45, 7) is 9.94. The number of nitrogens with two attached hydrogens (primary N) is 1. The number of anilines is 1. The third kappa shape index (κ3) is 3.20. The highest BCUT2D eigenvalue weighted by atomic mass is 15.2. The highest BCUT2D eigenvalue weighted by Crippen LogP contribution is 2.19. The summed E-state index contributed by atoms with van der Waals surface area (Å²) < 4.78 is 0. The second-order valence-corrected chi connectivity index (χ2v) is 4.98. The Morgan fingerprint density at radius 2 is 1.76 bits per heavy atom. The maximum Gasteiger partial charge on any atom is 0.0373 e. The number of piperazine rings is 1. The van der Waals surface area contributed by atoms with Gasteiger partial charge >= 0.3 is 0 Å². The zero-order valence-corrected chi connectivity index (χ0v) is 10.9. The third-order valence-corrected chi connectivity index (χ3v) is 3.58. The smallest absolute Gasteiger partial charge is 0.0373 e. The van der Waals surface area contributed by atoms with E-state index in [2.05, 4.69) is 36.2 Å². The molecule has 0 bridgehead atoms. The Labute approximate surface area is 104 Å². The van der Waals surface area contributed by atoms with Gasteiger partial charge in [-0.2, -0.15) is 0 Å². The first-order valence-electron chi connectivity index (χ1n) is 6.45. The molecule has 1 fully saturated rings. The lowest BCUT2D eigenvalue weighted by atomic mass is 10.0. The van der Waals surface area contributed by atoms with Crippen molar-refractivity contribution < 1.29 is 0 Å². The standard InChI is InChI=1S/C14H23N3/c1-11-9-13(10-12(2)14(11)15)3-6-17-7-4-16-5-8-17/h9-10,16H,3-8,15H2,1-2H3. The topological polar surface area (TPSA) is 41.3 Å². The first-order chi connectivity index (χ1) is 8.16. The van der Waals surface area contributed by atoms with Crippen molar-refractivity contribution in [2.24, 2.45) is 0 Å². The van der Waals surface area contributed by atoms with Crippen molar-refractivity contribution in [2.75, 3.05) is 38.5 Å². The molecule has 3 heteroatoms. The van der Waals surface area contributed by atoms with Crippen molar-refractivity contribution in [1.82, 2.24) is 10.2 Å². The Balaban J connectivity index is 1.94. The molecule has 2 rings (SSSR count). The van der Waals surface area contributed by atoms with Crippen LogP contribution in [0, 0.1) is 13.8 Å². The second-order valence-electron chi connectivity index (χ2n) is 4.98. The van der Waals surface area contributed by atoms with Crippen LogP contribution in [0.5, 0.6) is 0 Å². The lowest BCUT2D eigenvalue weighted by molar-refractivity contribution is 0.244. The molecule has 17 heavy (non-hydrogen) atoms. The van der Waals surface area contributed by atoms with Gasteiger partial charge in [0.15, 0.2) is 0 Å². The summed E-state index contributed by atoms with van der Waals surface area (Å²) in [7, 11) is 0. The van der Waals surface area contributed by atoms with Gasteiger partial charge in [0.2, 0.25) is 0 Å². The van der Waals surface area contributed by atoms with Crippen LogP contribution in [0.25, 0.3) is 0 Å². The molecular weight excluding hydrogens is 210 g/mol. The van der Waals surface area contributed by atoms with Gasteiger partial charge in [-0.15, -0.1) is 0 Å². The van der Waals surface area contributed by atoms with Gasteiger partial charge in [0.1, 0.15) is 0 Å². The minimum Gasteiger partial charge on any atom is -0.398 e. The second kappa shape index (κ2) is 5.52. The van der Waals surface area contributed by atoms with Crippen LogP contribution in [0.15, 0.2) is 12.1 Å². The molecule has 1 aliphatic heterocycles. The first kappa shape index (κ1) is 12.4. The summed E-state index contributed by atoms with van der Waals surface area (Å²) in [6, 6.07) is 4.45. The predicted molar refractivity (Wildman–Crippen MR) is 73.3 cm³/mol. The predicted octanol–water partition coefficient (Wildman–Crippen LogP) is 1.33. The molecule has 1 aromatic carbocycles. The van der Waals surface area contributed by atoms with Crippen molar-refractivity contribution in [2.45, 2.75) is 20.3 Å². The van der Waals surface area contributed by atoms with Crippen LogP contribution >= 0.6 is 0 Å². The van der Waals surface area contributed by atoms with E-state index in [9.17, 15) is 0 Å². The monoisotopic (exact) mass is 233 g/mol. The van der Waals surface area contributed by atoms with Gasteiger partial charge in [0.05, 0.1) is 0 Å². The highest BCUT2D eigenvalue weighted by molar-refractivity contribution is 5.54. The lowest BCUT2D eigenvalue weighted by Crippen LogP contribution is -2.44. The Morgan fingerprint density at radius 1 is 1.18 bits per heavy atom. The summed E-state index contributed by atoms with van der Waals surface area (Å²) >= 11 is 0. The number of benzene rings is 1. The molecule has 0 spiro atoms. The molecule has 94 valence electrons. The van der Waals surface area contributed by atoms with Gasteiger partial charge < -0.3 is 16.0 Å². The van der Waals surface area contributed by atoms with Crippen LogP contribution in [0.1, 0.15) is 16.7 Å². The van der Waals surface area contributed by atoms with E-state index in [0.717, 1.165) is 31.7 Å². The van der Waals surface area contributed by atoms with E-state index < -0.39 is 0 Å². The number of nitrogens with one attached hydrogen (secondary N) is 1. The van der Waals surface area contributed by atoms with E-state index in [0.29, 0.717) is 0 Å². The first-order valence-corrected chi connectivity index (χ1v) is 6.45. The molecule has 1 heterocycles. The van der Waals surface area contributed by atoms with E-state index in [-0.39, 0.29) is 0 Å². The van der Waals surface area contributed by atoms with Crippen LogP contribution < -0.4 is 11.1 Å². The number of hydrogen-bond donors (Lipinski definition) is 2. The van der Waals surface area contributed by atoms with Crippen LogP contribution in [0.3, 0.4) is 0 Å². The maximum absolute atomic E-state index is 5.97. The number of rotatable bonds is 3. The van der Waals surface area contributed by atoms with Crippen LogP contribution in [-0.2, 0) is 6.42 Å². The maximum atomic E-state index is 5.97. The summed E-state index contributed by atoms with van der Waals surface area (Å²) in [6.07, 6.45) is 1.13.